The maximum atomic E-state index is 5.50. The summed E-state index contributed by atoms with van der Waals surface area (Å²) >= 11 is 0. The summed E-state index contributed by atoms with van der Waals surface area (Å²) in [6, 6.07) is 2.00. The molecule has 1 saturated heterocycles. The van der Waals surface area contributed by atoms with Gasteiger partial charge in [0.1, 0.15) is 16.9 Å². The van der Waals surface area contributed by atoms with E-state index in [2.05, 4.69) is 20.4 Å². The van der Waals surface area contributed by atoms with E-state index in [0.29, 0.717) is 11.9 Å². The lowest BCUT2D eigenvalue weighted by Crippen LogP contribution is -2.15. The predicted molar refractivity (Wildman–Crippen MR) is 105 cm³/mol. The van der Waals surface area contributed by atoms with E-state index in [1.54, 1.807) is 4.52 Å². The molecule has 5 heterocycles. The average Bonchev–Trinajstić information content (AvgIpc) is 3.21. The fraction of sp³-hybridized carbons (Fsp3) is 0.421. The Labute approximate surface area is 161 Å². The molecular formula is C19H22N8O. The summed E-state index contributed by atoms with van der Waals surface area (Å²) in [5, 5.41) is 12.4. The van der Waals surface area contributed by atoms with Crippen LogP contribution < -0.4 is 5.32 Å². The zero-order valence-electron chi connectivity index (χ0n) is 16.2. The number of hydrogen-bond donors (Lipinski definition) is 1. The molecule has 0 saturated carbocycles. The molecule has 0 atom stereocenters. The number of aryl methyl sites for hydroxylation is 3. The molecule has 4 aromatic rings. The lowest BCUT2D eigenvalue weighted by atomic mass is 9.96. The molecule has 0 amide bonds. The number of nitrogens with zero attached hydrogens (tertiary/aromatic N) is 7. The predicted octanol–water partition coefficient (Wildman–Crippen LogP) is 2.66. The van der Waals surface area contributed by atoms with Gasteiger partial charge < -0.3 is 10.1 Å². The van der Waals surface area contributed by atoms with Crippen molar-refractivity contribution < 1.29 is 4.74 Å². The second-order valence-electron chi connectivity index (χ2n) is 7.28. The molecule has 0 radical (unpaired) electrons. The van der Waals surface area contributed by atoms with E-state index >= 15 is 0 Å². The monoisotopic (exact) mass is 378 g/mol. The molecular weight excluding hydrogens is 356 g/mol. The number of fused-ring (bicyclic) bond motifs is 2. The van der Waals surface area contributed by atoms with Gasteiger partial charge in [-0.1, -0.05) is 0 Å². The normalized spacial score (nSPS) is 15.5. The summed E-state index contributed by atoms with van der Waals surface area (Å²) in [4.78, 5) is 13.7. The van der Waals surface area contributed by atoms with Crippen molar-refractivity contribution in [1.29, 1.82) is 0 Å². The molecule has 0 aliphatic carbocycles. The van der Waals surface area contributed by atoms with E-state index < -0.39 is 0 Å². The lowest BCUT2D eigenvalue weighted by Gasteiger charge is -2.20. The van der Waals surface area contributed by atoms with Gasteiger partial charge in [-0.05, 0) is 38.3 Å². The molecule has 0 aromatic carbocycles. The second kappa shape index (κ2) is 6.52. The minimum Gasteiger partial charge on any atom is -0.381 e. The van der Waals surface area contributed by atoms with Crippen molar-refractivity contribution in [3.05, 3.63) is 35.5 Å². The average molecular weight is 378 g/mol. The minimum absolute atomic E-state index is 0.372. The number of aromatic nitrogens is 7. The summed E-state index contributed by atoms with van der Waals surface area (Å²) in [5.41, 5.74) is 5.65. The molecule has 1 fully saturated rings. The van der Waals surface area contributed by atoms with Gasteiger partial charge in [0.25, 0.3) is 0 Å². The minimum atomic E-state index is 0.372. The molecule has 0 bridgehead atoms. The van der Waals surface area contributed by atoms with E-state index in [1.165, 1.54) is 0 Å². The molecule has 0 unspecified atom stereocenters. The van der Waals surface area contributed by atoms with Crippen LogP contribution in [0.2, 0.25) is 0 Å². The van der Waals surface area contributed by atoms with Crippen molar-refractivity contribution in [2.45, 2.75) is 32.6 Å². The molecule has 144 valence electrons. The van der Waals surface area contributed by atoms with E-state index in [4.69, 9.17) is 14.8 Å². The molecule has 1 N–H and O–H groups in total. The van der Waals surface area contributed by atoms with Crippen molar-refractivity contribution >= 4 is 28.3 Å². The number of hydrogen-bond acceptors (Lipinski definition) is 7. The van der Waals surface area contributed by atoms with E-state index in [1.807, 2.05) is 44.0 Å². The Morgan fingerprint density at radius 2 is 1.96 bits per heavy atom. The van der Waals surface area contributed by atoms with Crippen LogP contribution in [0.1, 0.15) is 35.8 Å². The van der Waals surface area contributed by atoms with Gasteiger partial charge in [0.2, 0.25) is 5.95 Å². The second-order valence-corrected chi connectivity index (χ2v) is 7.28. The summed E-state index contributed by atoms with van der Waals surface area (Å²) in [7, 11) is 1.94. The molecule has 9 nitrogen and oxygen atoms in total. The smallest absolute Gasteiger partial charge is 0.227 e. The van der Waals surface area contributed by atoms with E-state index in [0.717, 1.165) is 65.5 Å². The topological polar surface area (TPSA) is 95.0 Å². The summed E-state index contributed by atoms with van der Waals surface area (Å²) in [5.74, 6) is 1.66. The van der Waals surface area contributed by atoms with Gasteiger partial charge in [-0.25, -0.2) is 19.5 Å². The summed E-state index contributed by atoms with van der Waals surface area (Å²) in [6.07, 6.45) is 5.69. The van der Waals surface area contributed by atoms with Gasteiger partial charge >= 0.3 is 0 Å². The Morgan fingerprint density at radius 3 is 2.79 bits per heavy atom. The van der Waals surface area contributed by atoms with Crippen LogP contribution in [-0.4, -0.2) is 47.6 Å². The van der Waals surface area contributed by atoms with E-state index in [9.17, 15) is 0 Å². The van der Waals surface area contributed by atoms with Crippen LogP contribution in [0.25, 0.3) is 16.7 Å². The highest BCUT2D eigenvalue weighted by atomic mass is 16.5. The fourth-order valence-corrected chi connectivity index (χ4v) is 3.76. The molecule has 28 heavy (non-hydrogen) atoms. The number of rotatable bonds is 3. The van der Waals surface area contributed by atoms with Gasteiger partial charge in [-0.2, -0.15) is 10.2 Å². The first-order chi connectivity index (χ1) is 13.6. The van der Waals surface area contributed by atoms with Crippen molar-refractivity contribution in [3.63, 3.8) is 0 Å². The van der Waals surface area contributed by atoms with Crippen molar-refractivity contribution in [3.8, 4) is 0 Å². The molecule has 1 aliphatic heterocycles. The number of anilines is 2. The van der Waals surface area contributed by atoms with Gasteiger partial charge in [-0.3, -0.25) is 4.68 Å². The van der Waals surface area contributed by atoms with E-state index in [-0.39, 0.29) is 0 Å². The third-order valence-electron chi connectivity index (χ3n) is 5.26. The summed E-state index contributed by atoms with van der Waals surface area (Å²) in [6.45, 7) is 5.46. The molecule has 0 spiro atoms. The number of ether oxygens (including phenoxy) is 1. The molecule has 5 rings (SSSR count). The van der Waals surface area contributed by atoms with Crippen LogP contribution in [-0.2, 0) is 11.8 Å². The first-order valence-electron chi connectivity index (χ1n) is 9.46. The van der Waals surface area contributed by atoms with Crippen LogP contribution in [0.5, 0.6) is 0 Å². The number of pyridine rings is 1. The lowest BCUT2D eigenvalue weighted by molar-refractivity contribution is 0.0846. The van der Waals surface area contributed by atoms with Gasteiger partial charge in [-0.15, -0.1) is 0 Å². The van der Waals surface area contributed by atoms with Crippen molar-refractivity contribution in [2.24, 2.45) is 7.05 Å². The molecule has 9 heteroatoms. The van der Waals surface area contributed by atoms with Gasteiger partial charge in [0.15, 0.2) is 5.65 Å². The van der Waals surface area contributed by atoms with Gasteiger partial charge in [0, 0.05) is 26.2 Å². The first-order valence-corrected chi connectivity index (χ1v) is 9.46. The Bertz CT molecular complexity index is 1170. The molecule has 1 aliphatic rings. The van der Waals surface area contributed by atoms with Crippen LogP contribution in [0.15, 0.2) is 18.5 Å². The SMILES string of the molecule is Cc1nc2cc(C)c(Nc3ncc4c(n3)c(C3CCOCC3)nn4C)cn2n1. The molecule has 4 aromatic heterocycles. The highest BCUT2D eigenvalue weighted by molar-refractivity contribution is 5.79. The number of nitrogens with one attached hydrogen (secondary N) is 1. The van der Waals surface area contributed by atoms with Crippen LogP contribution in [0.3, 0.4) is 0 Å². The third-order valence-corrected chi connectivity index (χ3v) is 5.26. The van der Waals surface area contributed by atoms with Crippen LogP contribution in [0, 0.1) is 13.8 Å². The Morgan fingerprint density at radius 1 is 1.14 bits per heavy atom. The Balaban J connectivity index is 1.53. The zero-order chi connectivity index (χ0) is 19.3. The maximum Gasteiger partial charge on any atom is 0.227 e. The first kappa shape index (κ1) is 17.1. The van der Waals surface area contributed by atoms with Crippen molar-refractivity contribution in [2.75, 3.05) is 18.5 Å². The van der Waals surface area contributed by atoms with Crippen LogP contribution >= 0.6 is 0 Å². The van der Waals surface area contributed by atoms with Gasteiger partial charge in [0.05, 0.1) is 23.8 Å². The largest absolute Gasteiger partial charge is 0.381 e. The highest BCUT2D eigenvalue weighted by Gasteiger charge is 2.23. The van der Waals surface area contributed by atoms with Crippen molar-refractivity contribution in [1.82, 2.24) is 34.3 Å². The Hall–Kier alpha value is -3.07. The summed E-state index contributed by atoms with van der Waals surface area (Å²) < 4.78 is 9.12. The zero-order valence-corrected chi connectivity index (χ0v) is 16.2. The Kier molecular flexibility index (Phi) is 3.97. The van der Waals surface area contributed by atoms with Crippen LogP contribution in [0.4, 0.5) is 11.6 Å². The highest BCUT2D eigenvalue weighted by Crippen LogP contribution is 2.31. The maximum absolute atomic E-state index is 5.50. The third kappa shape index (κ3) is 2.88. The standard InChI is InChI=1S/C19H22N8O/c1-11-8-16-21-12(2)24-27(16)10-14(11)22-19-20-9-15-18(23-19)17(25-26(15)3)13-4-6-28-7-5-13/h8-10,13H,4-7H2,1-3H3,(H,20,22,23). The quantitative estimate of drug-likeness (QED) is 0.585. The fourth-order valence-electron chi connectivity index (χ4n) is 3.76.